The van der Waals surface area contributed by atoms with Gasteiger partial charge in [-0.1, -0.05) is 39.5 Å². The molecule has 0 amide bonds. The van der Waals surface area contributed by atoms with Gasteiger partial charge in [0.2, 0.25) is 0 Å². The zero-order chi connectivity index (χ0) is 15.5. The van der Waals surface area contributed by atoms with E-state index in [9.17, 15) is 0 Å². The molecule has 0 bridgehead atoms. The summed E-state index contributed by atoms with van der Waals surface area (Å²) in [4.78, 5) is 9.61. The lowest BCUT2D eigenvalue weighted by Crippen LogP contribution is -2.31. The predicted molar refractivity (Wildman–Crippen MR) is 89.8 cm³/mol. The lowest BCUT2D eigenvalue weighted by atomic mass is 9.92. The number of halogens is 1. The second-order valence-electron chi connectivity index (χ2n) is 6.11. The van der Waals surface area contributed by atoms with Crippen LogP contribution in [0.2, 0.25) is 0 Å². The molecule has 1 aromatic heterocycles. The summed E-state index contributed by atoms with van der Waals surface area (Å²) in [5.74, 6) is 2.03. The first kappa shape index (κ1) is 16.7. The first-order valence-corrected chi connectivity index (χ1v) is 8.64. The fraction of sp³-hybridized carbons (Fsp3) is 0.750. The summed E-state index contributed by atoms with van der Waals surface area (Å²) in [5, 5.41) is 3.17. The Kier molecular flexibility index (Phi) is 5.60. The summed E-state index contributed by atoms with van der Waals surface area (Å²) in [6.45, 7) is 4.31. The Balaban J connectivity index is 2.52. The number of aromatic nitrogens is 2. The van der Waals surface area contributed by atoms with Gasteiger partial charge in [0.15, 0.2) is 5.82 Å². The van der Waals surface area contributed by atoms with Gasteiger partial charge in [0.1, 0.15) is 11.4 Å². The molecule has 1 aromatic rings. The molecule has 118 valence electrons. The van der Waals surface area contributed by atoms with E-state index in [2.05, 4.69) is 35.1 Å². The van der Waals surface area contributed by atoms with Crippen LogP contribution in [-0.4, -0.2) is 24.1 Å². The van der Waals surface area contributed by atoms with Crippen molar-refractivity contribution in [1.82, 2.24) is 9.97 Å². The third kappa shape index (κ3) is 3.39. The zero-order valence-electron chi connectivity index (χ0n) is 13.5. The Morgan fingerprint density at radius 3 is 2.24 bits per heavy atom. The van der Waals surface area contributed by atoms with Crippen molar-refractivity contribution in [1.29, 1.82) is 0 Å². The van der Waals surface area contributed by atoms with Crippen LogP contribution in [0.5, 0.6) is 0 Å². The largest absolute Gasteiger partial charge is 0.372 e. The van der Waals surface area contributed by atoms with Gasteiger partial charge in [-0.05, 0) is 34.7 Å². The Labute approximate surface area is 136 Å². The molecule has 1 saturated carbocycles. The topological polar surface area (TPSA) is 47.0 Å². The highest BCUT2D eigenvalue weighted by Gasteiger charge is 2.37. The number of anilines is 1. The van der Waals surface area contributed by atoms with Crippen molar-refractivity contribution in [2.75, 3.05) is 19.5 Å². The van der Waals surface area contributed by atoms with Crippen LogP contribution in [0.25, 0.3) is 0 Å². The van der Waals surface area contributed by atoms with Crippen molar-refractivity contribution in [3.8, 4) is 0 Å². The highest BCUT2D eigenvalue weighted by Crippen LogP contribution is 2.39. The van der Waals surface area contributed by atoms with Gasteiger partial charge >= 0.3 is 0 Å². The van der Waals surface area contributed by atoms with E-state index >= 15 is 0 Å². The summed E-state index contributed by atoms with van der Waals surface area (Å²) in [5.41, 5.74) is 0.719. The number of hydrogen-bond donors (Lipinski definition) is 1. The van der Waals surface area contributed by atoms with Crippen LogP contribution in [-0.2, 0) is 10.3 Å². The van der Waals surface area contributed by atoms with Crippen LogP contribution in [0.15, 0.2) is 4.47 Å². The standard InChI is InChI=1S/C16H26BrN3O/c1-11(2)13-12(17)14(18-3)20-15(19-13)16(21-4)9-7-5-6-8-10-16/h11H,5-10H2,1-4H3,(H,18,19,20). The Morgan fingerprint density at radius 1 is 1.14 bits per heavy atom. The van der Waals surface area contributed by atoms with Crippen LogP contribution < -0.4 is 5.32 Å². The third-order valence-corrected chi connectivity index (χ3v) is 5.15. The molecule has 1 aliphatic rings. The van der Waals surface area contributed by atoms with E-state index in [-0.39, 0.29) is 5.60 Å². The maximum absolute atomic E-state index is 5.95. The smallest absolute Gasteiger partial charge is 0.162 e. The van der Waals surface area contributed by atoms with Crippen molar-refractivity contribution < 1.29 is 4.74 Å². The molecule has 1 N–H and O–H groups in total. The maximum Gasteiger partial charge on any atom is 0.162 e. The minimum absolute atomic E-state index is 0.327. The molecule has 0 unspecified atom stereocenters. The van der Waals surface area contributed by atoms with Crippen molar-refractivity contribution in [2.45, 2.75) is 63.9 Å². The molecule has 0 spiro atoms. The van der Waals surface area contributed by atoms with Crippen molar-refractivity contribution in [2.24, 2.45) is 0 Å². The lowest BCUT2D eigenvalue weighted by molar-refractivity contribution is -0.0352. The molecule has 2 rings (SSSR count). The van der Waals surface area contributed by atoms with E-state index in [0.29, 0.717) is 5.92 Å². The van der Waals surface area contributed by atoms with Gasteiger partial charge in [0, 0.05) is 14.2 Å². The monoisotopic (exact) mass is 355 g/mol. The summed E-state index contributed by atoms with van der Waals surface area (Å²) in [6, 6.07) is 0. The van der Waals surface area contributed by atoms with Gasteiger partial charge < -0.3 is 10.1 Å². The molecule has 0 atom stereocenters. The first-order valence-electron chi connectivity index (χ1n) is 7.85. The summed E-state index contributed by atoms with van der Waals surface area (Å²) < 4.78 is 6.91. The summed E-state index contributed by atoms with van der Waals surface area (Å²) >= 11 is 3.63. The molecule has 21 heavy (non-hydrogen) atoms. The van der Waals surface area contributed by atoms with Crippen molar-refractivity contribution >= 4 is 21.7 Å². The van der Waals surface area contributed by atoms with Gasteiger partial charge in [-0.25, -0.2) is 9.97 Å². The minimum Gasteiger partial charge on any atom is -0.372 e. The van der Waals surface area contributed by atoms with Gasteiger partial charge in [0.25, 0.3) is 0 Å². The number of nitrogens with zero attached hydrogens (tertiary/aromatic N) is 2. The lowest BCUT2D eigenvalue weighted by Gasteiger charge is -2.31. The highest BCUT2D eigenvalue weighted by atomic mass is 79.9. The predicted octanol–water partition coefficient (Wildman–Crippen LogP) is 4.60. The molecule has 5 heteroatoms. The van der Waals surface area contributed by atoms with Gasteiger partial charge in [-0.3, -0.25) is 0 Å². The van der Waals surface area contributed by atoms with E-state index in [1.807, 2.05) is 7.05 Å². The molecule has 0 radical (unpaired) electrons. The average molecular weight is 356 g/mol. The van der Waals surface area contributed by atoms with Crippen molar-refractivity contribution in [3.63, 3.8) is 0 Å². The average Bonchev–Trinajstić information content (AvgIpc) is 2.73. The SMILES string of the molecule is CNc1nc(C2(OC)CCCCCC2)nc(C(C)C)c1Br. The van der Waals surface area contributed by atoms with Gasteiger partial charge in [-0.2, -0.15) is 0 Å². The number of rotatable bonds is 4. The van der Waals surface area contributed by atoms with Crippen LogP contribution in [0.1, 0.15) is 69.8 Å². The highest BCUT2D eigenvalue weighted by molar-refractivity contribution is 9.10. The van der Waals surface area contributed by atoms with Crippen LogP contribution >= 0.6 is 15.9 Å². The molecule has 0 aliphatic heterocycles. The Morgan fingerprint density at radius 2 is 1.76 bits per heavy atom. The number of hydrogen-bond acceptors (Lipinski definition) is 4. The molecule has 4 nitrogen and oxygen atoms in total. The van der Waals surface area contributed by atoms with Crippen LogP contribution in [0.4, 0.5) is 5.82 Å². The first-order chi connectivity index (χ1) is 10.0. The fourth-order valence-corrected chi connectivity index (χ4v) is 3.87. The van der Waals surface area contributed by atoms with E-state index < -0.39 is 0 Å². The Bertz CT molecular complexity index is 483. The van der Waals surface area contributed by atoms with Gasteiger partial charge in [0.05, 0.1) is 10.2 Å². The fourth-order valence-electron chi connectivity index (χ4n) is 3.04. The molecule has 1 heterocycles. The number of methoxy groups -OCH3 is 1. The quantitative estimate of drug-likeness (QED) is 0.801. The van der Waals surface area contributed by atoms with Gasteiger partial charge in [-0.15, -0.1) is 0 Å². The van der Waals surface area contributed by atoms with E-state index in [1.54, 1.807) is 7.11 Å². The third-order valence-electron chi connectivity index (χ3n) is 4.37. The van der Waals surface area contributed by atoms with E-state index in [1.165, 1.54) is 25.7 Å². The number of nitrogens with one attached hydrogen (secondary N) is 1. The van der Waals surface area contributed by atoms with E-state index in [0.717, 1.165) is 34.7 Å². The molecular formula is C16H26BrN3O. The second kappa shape index (κ2) is 7.05. The van der Waals surface area contributed by atoms with Crippen LogP contribution in [0, 0.1) is 0 Å². The molecule has 0 saturated heterocycles. The molecule has 1 fully saturated rings. The normalized spacial score (nSPS) is 18.6. The molecule has 1 aliphatic carbocycles. The summed E-state index contributed by atoms with van der Waals surface area (Å²) in [7, 11) is 3.69. The van der Waals surface area contributed by atoms with Crippen LogP contribution in [0.3, 0.4) is 0 Å². The Hall–Kier alpha value is -0.680. The minimum atomic E-state index is -0.327. The van der Waals surface area contributed by atoms with Crippen molar-refractivity contribution in [3.05, 3.63) is 16.0 Å². The molecular weight excluding hydrogens is 330 g/mol. The second-order valence-corrected chi connectivity index (χ2v) is 6.91. The molecule has 0 aromatic carbocycles. The van der Waals surface area contributed by atoms with E-state index in [4.69, 9.17) is 14.7 Å². The number of ether oxygens (including phenoxy) is 1. The maximum atomic E-state index is 5.95. The zero-order valence-corrected chi connectivity index (χ0v) is 15.1. The summed E-state index contributed by atoms with van der Waals surface area (Å²) in [6.07, 6.45) is 6.92.